The smallest absolute Gasteiger partial charge is 0.0596 e. The van der Waals surface area contributed by atoms with Gasteiger partial charge >= 0.3 is 0 Å². The monoisotopic (exact) mass is 383 g/mol. The molecule has 108 valence electrons. The highest BCUT2D eigenvalue weighted by molar-refractivity contribution is 14.1. The number of aromatic nitrogens is 2. The molecule has 0 aliphatic rings. The third-order valence-corrected chi connectivity index (χ3v) is 5.03. The predicted octanol–water partition coefficient (Wildman–Crippen LogP) is 3.53. The Bertz CT molecular complexity index is 589. The molecule has 2 rings (SSSR count). The molecule has 1 heterocycles. The van der Waals surface area contributed by atoms with Gasteiger partial charge in [-0.3, -0.25) is 4.68 Å². The standard InChI is InChI=1S/C16H22IN3/c1-5-18-15(10-13-9-12(3)19-20(13)4)14-8-6-7-11(2)16(14)17/h6-9,15,18H,5,10H2,1-4H3. The Labute approximate surface area is 134 Å². The van der Waals surface area contributed by atoms with E-state index in [0.29, 0.717) is 6.04 Å². The lowest BCUT2D eigenvalue weighted by Gasteiger charge is -2.20. The van der Waals surface area contributed by atoms with Crippen LogP contribution in [0.4, 0.5) is 0 Å². The summed E-state index contributed by atoms with van der Waals surface area (Å²) in [7, 11) is 2.02. The number of halogens is 1. The molecule has 0 bridgehead atoms. The summed E-state index contributed by atoms with van der Waals surface area (Å²) in [5.41, 5.74) is 5.07. The van der Waals surface area contributed by atoms with Crippen LogP contribution < -0.4 is 5.32 Å². The highest BCUT2D eigenvalue weighted by Gasteiger charge is 2.17. The Morgan fingerprint density at radius 1 is 1.35 bits per heavy atom. The molecule has 4 heteroatoms. The fourth-order valence-corrected chi connectivity index (χ4v) is 3.28. The minimum atomic E-state index is 0.335. The van der Waals surface area contributed by atoms with Crippen LogP contribution in [-0.4, -0.2) is 16.3 Å². The molecular weight excluding hydrogens is 361 g/mol. The summed E-state index contributed by atoms with van der Waals surface area (Å²) in [5.74, 6) is 0. The fraction of sp³-hybridized carbons (Fsp3) is 0.438. The summed E-state index contributed by atoms with van der Waals surface area (Å²) in [6.45, 7) is 7.33. The Balaban J connectivity index is 2.31. The van der Waals surface area contributed by atoms with E-state index in [1.54, 1.807) is 0 Å². The van der Waals surface area contributed by atoms with E-state index >= 15 is 0 Å². The van der Waals surface area contributed by atoms with E-state index in [1.165, 1.54) is 20.4 Å². The molecule has 1 aromatic heterocycles. The van der Waals surface area contributed by atoms with Crippen LogP contribution in [0.25, 0.3) is 0 Å². The average molecular weight is 383 g/mol. The van der Waals surface area contributed by atoms with Gasteiger partial charge in [-0.15, -0.1) is 0 Å². The number of aryl methyl sites for hydroxylation is 3. The van der Waals surface area contributed by atoms with Crippen molar-refractivity contribution in [3.63, 3.8) is 0 Å². The average Bonchev–Trinajstić information content (AvgIpc) is 2.71. The molecule has 2 aromatic rings. The number of nitrogens with one attached hydrogen (secondary N) is 1. The van der Waals surface area contributed by atoms with Crippen LogP contribution in [-0.2, 0) is 13.5 Å². The number of likely N-dealkylation sites (N-methyl/N-ethyl adjacent to an activating group) is 1. The van der Waals surface area contributed by atoms with Gasteiger partial charge in [-0.25, -0.2) is 0 Å². The van der Waals surface area contributed by atoms with E-state index in [1.807, 2.05) is 18.7 Å². The third-order valence-electron chi connectivity index (χ3n) is 3.56. The highest BCUT2D eigenvalue weighted by Crippen LogP contribution is 2.26. The van der Waals surface area contributed by atoms with Crippen molar-refractivity contribution < 1.29 is 0 Å². The van der Waals surface area contributed by atoms with Crippen molar-refractivity contribution >= 4 is 22.6 Å². The summed E-state index contributed by atoms with van der Waals surface area (Å²) >= 11 is 2.45. The van der Waals surface area contributed by atoms with E-state index in [0.717, 1.165) is 18.7 Å². The minimum absolute atomic E-state index is 0.335. The van der Waals surface area contributed by atoms with Crippen LogP contribution in [0.3, 0.4) is 0 Å². The van der Waals surface area contributed by atoms with Crippen molar-refractivity contribution in [1.82, 2.24) is 15.1 Å². The Kier molecular flexibility index (Phi) is 5.21. The number of rotatable bonds is 5. The maximum atomic E-state index is 4.44. The summed E-state index contributed by atoms with van der Waals surface area (Å²) < 4.78 is 3.34. The van der Waals surface area contributed by atoms with Gasteiger partial charge in [0, 0.05) is 28.8 Å². The summed E-state index contributed by atoms with van der Waals surface area (Å²) in [6, 6.07) is 9.05. The Hall–Kier alpha value is -0.880. The first-order valence-corrected chi connectivity index (χ1v) is 8.08. The third kappa shape index (κ3) is 3.41. The van der Waals surface area contributed by atoms with Crippen molar-refractivity contribution in [2.45, 2.75) is 33.2 Å². The van der Waals surface area contributed by atoms with Crippen LogP contribution in [0, 0.1) is 17.4 Å². The predicted molar refractivity (Wildman–Crippen MR) is 92.0 cm³/mol. The summed E-state index contributed by atoms with van der Waals surface area (Å²) in [5, 5.41) is 8.05. The van der Waals surface area contributed by atoms with Gasteiger partial charge in [0.15, 0.2) is 0 Å². The first kappa shape index (κ1) is 15.5. The van der Waals surface area contributed by atoms with Gasteiger partial charge < -0.3 is 5.32 Å². The van der Waals surface area contributed by atoms with E-state index < -0.39 is 0 Å². The zero-order chi connectivity index (χ0) is 14.7. The lowest BCUT2D eigenvalue weighted by molar-refractivity contribution is 0.526. The molecule has 0 radical (unpaired) electrons. The molecule has 1 atom stereocenters. The maximum Gasteiger partial charge on any atom is 0.0596 e. The molecule has 1 unspecified atom stereocenters. The van der Waals surface area contributed by atoms with Gasteiger partial charge in [-0.1, -0.05) is 25.1 Å². The molecule has 0 saturated heterocycles. The van der Waals surface area contributed by atoms with Crippen molar-refractivity contribution in [2.75, 3.05) is 6.54 Å². The van der Waals surface area contributed by atoms with Gasteiger partial charge in [-0.2, -0.15) is 5.10 Å². The van der Waals surface area contributed by atoms with Crippen molar-refractivity contribution in [3.8, 4) is 0 Å². The summed E-state index contributed by atoms with van der Waals surface area (Å²) in [6.07, 6.45) is 0.963. The topological polar surface area (TPSA) is 29.9 Å². The lowest BCUT2D eigenvalue weighted by atomic mass is 10.00. The molecule has 20 heavy (non-hydrogen) atoms. The minimum Gasteiger partial charge on any atom is -0.310 e. The second-order valence-corrected chi connectivity index (χ2v) is 6.27. The number of nitrogens with zero attached hydrogens (tertiary/aromatic N) is 2. The molecular formula is C16H22IN3. The van der Waals surface area contributed by atoms with Crippen LogP contribution in [0.2, 0.25) is 0 Å². The fourth-order valence-electron chi connectivity index (χ4n) is 2.54. The van der Waals surface area contributed by atoms with Crippen molar-refractivity contribution in [1.29, 1.82) is 0 Å². The molecule has 0 amide bonds. The molecule has 0 spiro atoms. The zero-order valence-electron chi connectivity index (χ0n) is 12.6. The van der Waals surface area contributed by atoms with Gasteiger partial charge in [0.1, 0.15) is 0 Å². The Morgan fingerprint density at radius 2 is 2.10 bits per heavy atom. The van der Waals surface area contributed by atoms with Crippen molar-refractivity contribution in [2.24, 2.45) is 7.05 Å². The first-order chi connectivity index (χ1) is 9.52. The second-order valence-electron chi connectivity index (χ2n) is 5.19. The van der Waals surface area contributed by atoms with Gasteiger partial charge in [0.2, 0.25) is 0 Å². The van der Waals surface area contributed by atoms with Gasteiger partial charge in [0.05, 0.1) is 5.69 Å². The first-order valence-electron chi connectivity index (χ1n) is 7.00. The molecule has 0 aliphatic carbocycles. The van der Waals surface area contributed by atoms with E-state index in [9.17, 15) is 0 Å². The highest BCUT2D eigenvalue weighted by atomic mass is 127. The Morgan fingerprint density at radius 3 is 2.70 bits per heavy atom. The van der Waals surface area contributed by atoms with Crippen molar-refractivity contribution in [3.05, 3.63) is 50.4 Å². The SMILES string of the molecule is CCNC(Cc1cc(C)nn1C)c1cccc(C)c1I. The molecule has 0 aliphatic heterocycles. The maximum absolute atomic E-state index is 4.44. The summed E-state index contributed by atoms with van der Waals surface area (Å²) in [4.78, 5) is 0. The molecule has 1 aromatic carbocycles. The molecule has 1 N–H and O–H groups in total. The van der Waals surface area contributed by atoms with Gasteiger partial charge in [0.25, 0.3) is 0 Å². The normalized spacial score (nSPS) is 12.7. The number of benzene rings is 1. The second kappa shape index (κ2) is 6.72. The van der Waals surface area contributed by atoms with Crippen LogP contribution in [0.1, 0.15) is 35.5 Å². The van der Waals surface area contributed by atoms with Gasteiger partial charge in [-0.05, 0) is 60.2 Å². The van der Waals surface area contributed by atoms with E-state index in [-0.39, 0.29) is 0 Å². The molecule has 3 nitrogen and oxygen atoms in total. The largest absolute Gasteiger partial charge is 0.310 e. The molecule has 0 fully saturated rings. The number of hydrogen-bond acceptors (Lipinski definition) is 2. The zero-order valence-corrected chi connectivity index (χ0v) is 14.7. The van der Waals surface area contributed by atoms with Crippen LogP contribution >= 0.6 is 22.6 Å². The lowest BCUT2D eigenvalue weighted by Crippen LogP contribution is -2.24. The van der Waals surface area contributed by atoms with Crippen LogP contribution in [0.5, 0.6) is 0 Å². The van der Waals surface area contributed by atoms with E-state index in [2.05, 4.69) is 71.1 Å². The quantitative estimate of drug-likeness (QED) is 0.801. The van der Waals surface area contributed by atoms with Crippen LogP contribution in [0.15, 0.2) is 24.3 Å². The van der Waals surface area contributed by atoms with E-state index in [4.69, 9.17) is 0 Å². The molecule has 0 saturated carbocycles. The number of hydrogen-bond donors (Lipinski definition) is 1.